The van der Waals surface area contributed by atoms with Crippen LogP contribution in [-0.4, -0.2) is 36.4 Å². The Balaban J connectivity index is 3.06. The zero-order valence-electron chi connectivity index (χ0n) is 10.4. The summed E-state index contributed by atoms with van der Waals surface area (Å²) in [6.45, 7) is 3.44. The highest BCUT2D eigenvalue weighted by molar-refractivity contribution is 5.76. The quantitative estimate of drug-likeness (QED) is 0.791. The van der Waals surface area contributed by atoms with Gasteiger partial charge >= 0.3 is 5.97 Å². The SMILES string of the molecule is COC(=O)C(O)C(C)(C)c1cc(OC)ccn1. The third-order valence-corrected chi connectivity index (χ3v) is 2.74. The van der Waals surface area contributed by atoms with E-state index >= 15 is 0 Å². The van der Waals surface area contributed by atoms with Crippen molar-refractivity contribution >= 4 is 5.97 Å². The van der Waals surface area contributed by atoms with Crippen molar-refractivity contribution in [3.05, 3.63) is 24.0 Å². The maximum absolute atomic E-state index is 11.4. The number of esters is 1. The lowest BCUT2D eigenvalue weighted by atomic mass is 9.82. The minimum Gasteiger partial charge on any atom is -0.497 e. The number of carbonyl (C=O) groups excluding carboxylic acids is 1. The Kier molecular flexibility index (Phi) is 4.07. The van der Waals surface area contributed by atoms with E-state index in [-0.39, 0.29) is 0 Å². The van der Waals surface area contributed by atoms with Crippen LogP contribution >= 0.6 is 0 Å². The van der Waals surface area contributed by atoms with Crippen LogP contribution in [0.25, 0.3) is 0 Å². The van der Waals surface area contributed by atoms with Crippen LogP contribution in [0.2, 0.25) is 0 Å². The Morgan fingerprint density at radius 2 is 2.12 bits per heavy atom. The average molecular weight is 239 g/mol. The molecule has 0 aliphatic rings. The molecule has 0 saturated heterocycles. The van der Waals surface area contributed by atoms with E-state index in [1.165, 1.54) is 7.11 Å². The van der Waals surface area contributed by atoms with Crippen LogP contribution < -0.4 is 4.74 Å². The summed E-state index contributed by atoms with van der Waals surface area (Å²) < 4.78 is 9.61. The Morgan fingerprint density at radius 1 is 1.47 bits per heavy atom. The predicted molar refractivity (Wildman–Crippen MR) is 61.8 cm³/mol. The zero-order chi connectivity index (χ0) is 13.1. The Morgan fingerprint density at radius 3 is 2.65 bits per heavy atom. The molecule has 17 heavy (non-hydrogen) atoms. The molecule has 0 radical (unpaired) electrons. The minimum absolute atomic E-state index is 0.565. The van der Waals surface area contributed by atoms with Crippen molar-refractivity contribution in [3.63, 3.8) is 0 Å². The van der Waals surface area contributed by atoms with Crippen LogP contribution in [0.4, 0.5) is 0 Å². The van der Waals surface area contributed by atoms with Gasteiger partial charge in [-0.25, -0.2) is 4.79 Å². The molecule has 0 aromatic carbocycles. The number of methoxy groups -OCH3 is 2. The van der Waals surface area contributed by atoms with Gasteiger partial charge in [0.05, 0.1) is 19.9 Å². The number of nitrogens with zero attached hydrogens (tertiary/aromatic N) is 1. The molecule has 1 heterocycles. The van der Waals surface area contributed by atoms with E-state index < -0.39 is 17.5 Å². The molecule has 5 nitrogen and oxygen atoms in total. The van der Waals surface area contributed by atoms with Crippen molar-refractivity contribution in [2.24, 2.45) is 0 Å². The molecule has 0 aliphatic heterocycles. The van der Waals surface area contributed by atoms with Crippen LogP contribution in [-0.2, 0) is 14.9 Å². The Hall–Kier alpha value is -1.62. The van der Waals surface area contributed by atoms with Gasteiger partial charge in [0.15, 0.2) is 6.10 Å². The van der Waals surface area contributed by atoms with Crippen molar-refractivity contribution in [3.8, 4) is 5.75 Å². The highest BCUT2D eigenvalue weighted by Gasteiger charge is 2.37. The van der Waals surface area contributed by atoms with Gasteiger partial charge in [0, 0.05) is 17.7 Å². The first kappa shape index (κ1) is 13.4. The number of aromatic nitrogens is 1. The Labute approximate surface area is 100 Å². The molecule has 1 atom stereocenters. The van der Waals surface area contributed by atoms with Gasteiger partial charge in [-0.1, -0.05) is 13.8 Å². The summed E-state index contributed by atoms with van der Waals surface area (Å²) in [7, 11) is 2.78. The van der Waals surface area contributed by atoms with E-state index in [2.05, 4.69) is 9.72 Å². The Bertz CT molecular complexity index is 403. The van der Waals surface area contributed by atoms with Crippen molar-refractivity contribution in [1.82, 2.24) is 4.98 Å². The summed E-state index contributed by atoms with van der Waals surface area (Å²) in [6.07, 6.45) is 0.298. The second kappa shape index (κ2) is 5.14. The summed E-state index contributed by atoms with van der Waals surface area (Å²) in [4.78, 5) is 15.5. The van der Waals surface area contributed by atoms with Crippen molar-refractivity contribution < 1.29 is 19.4 Å². The molecule has 1 aromatic heterocycles. The average Bonchev–Trinajstić information content (AvgIpc) is 2.36. The predicted octanol–water partition coefficient (Wildman–Crippen LogP) is 0.902. The first-order valence-corrected chi connectivity index (χ1v) is 5.20. The van der Waals surface area contributed by atoms with E-state index in [4.69, 9.17) is 4.74 Å². The third kappa shape index (κ3) is 2.74. The molecule has 0 bridgehead atoms. The van der Waals surface area contributed by atoms with Crippen LogP contribution in [0, 0.1) is 0 Å². The van der Waals surface area contributed by atoms with Crippen LogP contribution in [0.5, 0.6) is 5.75 Å². The zero-order valence-corrected chi connectivity index (χ0v) is 10.4. The molecule has 1 rings (SSSR count). The van der Waals surface area contributed by atoms with Crippen LogP contribution in [0.1, 0.15) is 19.5 Å². The fraction of sp³-hybridized carbons (Fsp3) is 0.500. The number of aliphatic hydroxyl groups is 1. The summed E-state index contributed by atoms with van der Waals surface area (Å²) in [6, 6.07) is 3.39. The lowest BCUT2D eigenvalue weighted by Gasteiger charge is -2.28. The summed E-state index contributed by atoms with van der Waals surface area (Å²) in [5.41, 5.74) is -0.281. The summed E-state index contributed by atoms with van der Waals surface area (Å²) >= 11 is 0. The monoisotopic (exact) mass is 239 g/mol. The van der Waals surface area contributed by atoms with E-state index in [0.717, 1.165) is 0 Å². The first-order valence-electron chi connectivity index (χ1n) is 5.20. The van der Waals surface area contributed by atoms with E-state index in [0.29, 0.717) is 11.4 Å². The van der Waals surface area contributed by atoms with Gasteiger partial charge in [-0.2, -0.15) is 0 Å². The van der Waals surface area contributed by atoms with Crippen molar-refractivity contribution in [2.45, 2.75) is 25.4 Å². The van der Waals surface area contributed by atoms with Gasteiger partial charge in [-0.3, -0.25) is 4.98 Å². The fourth-order valence-corrected chi connectivity index (χ4v) is 1.44. The molecule has 1 aromatic rings. The lowest BCUT2D eigenvalue weighted by molar-refractivity contribution is -0.154. The van der Waals surface area contributed by atoms with E-state index in [1.54, 1.807) is 39.3 Å². The van der Waals surface area contributed by atoms with Gasteiger partial charge in [0.2, 0.25) is 0 Å². The standard InChI is InChI=1S/C12H17NO4/c1-12(2,10(14)11(15)17-4)9-7-8(16-3)5-6-13-9/h5-7,10,14H,1-4H3. The minimum atomic E-state index is -1.27. The number of pyridine rings is 1. The summed E-state index contributed by atoms with van der Waals surface area (Å²) in [5, 5.41) is 9.91. The number of hydrogen-bond donors (Lipinski definition) is 1. The molecule has 1 unspecified atom stereocenters. The van der Waals surface area contributed by atoms with Crippen LogP contribution in [0.15, 0.2) is 18.3 Å². The number of ether oxygens (including phenoxy) is 2. The maximum atomic E-state index is 11.4. The van der Waals surface area contributed by atoms with Crippen LogP contribution in [0.3, 0.4) is 0 Å². The van der Waals surface area contributed by atoms with Crippen molar-refractivity contribution in [1.29, 1.82) is 0 Å². The van der Waals surface area contributed by atoms with Gasteiger partial charge < -0.3 is 14.6 Å². The molecule has 5 heteroatoms. The van der Waals surface area contributed by atoms with Gasteiger partial charge in [-0.05, 0) is 6.07 Å². The molecule has 0 spiro atoms. The number of rotatable bonds is 4. The fourth-order valence-electron chi connectivity index (χ4n) is 1.44. The van der Waals surface area contributed by atoms with Crippen molar-refractivity contribution in [2.75, 3.05) is 14.2 Å². The summed E-state index contributed by atoms with van der Waals surface area (Å²) in [5.74, 6) is -0.0558. The topological polar surface area (TPSA) is 68.7 Å². The maximum Gasteiger partial charge on any atom is 0.335 e. The molecule has 0 fully saturated rings. The van der Waals surface area contributed by atoms with Gasteiger partial charge in [-0.15, -0.1) is 0 Å². The van der Waals surface area contributed by atoms with E-state index in [9.17, 15) is 9.90 Å². The lowest BCUT2D eigenvalue weighted by Crippen LogP contribution is -2.41. The van der Waals surface area contributed by atoms with E-state index in [1.807, 2.05) is 0 Å². The number of carbonyl (C=O) groups is 1. The first-order chi connectivity index (χ1) is 7.93. The molecule has 0 amide bonds. The molecule has 1 N–H and O–H groups in total. The highest BCUT2D eigenvalue weighted by atomic mass is 16.5. The van der Waals surface area contributed by atoms with Gasteiger partial charge in [0.1, 0.15) is 5.75 Å². The largest absolute Gasteiger partial charge is 0.497 e. The second-order valence-electron chi connectivity index (χ2n) is 4.23. The highest BCUT2D eigenvalue weighted by Crippen LogP contribution is 2.28. The molecular formula is C12H17NO4. The normalized spacial score (nSPS) is 13.0. The number of hydrogen-bond acceptors (Lipinski definition) is 5. The van der Waals surface area contributed by atoms with Gasteiger partial charge in [0.25, 0.3) is 0 Å². The molecule has 94 valence electrons. The molecule has 0 saturated carbocycles. The third-order valence-electron chi connectivity index (χ3n) is 2.74. The molecule has 0 aliphatic carbocycles. The molecular weight excluding hydrogens is 222 g/mol. The smallest absolute Gasteiger partial charge is 0.335 e. The second-order valence-corrected chi connectivity index (χ2v) is 4.23. The number of aliphatic hydroxyl groups excluding tert-OH is 1.